The SMILES string of the molecule is CCCOCCOc1cnc(CNCC)cn1. The predicted molar refractivity (Wildman–Crippen MR) is 66.0 cm³/mol. The van der Waals surface area contributed by atoms with Crippen LogP contribution in [0, 0.1) is 0 Å². The first-order chi connectivity index (χ1) is 8.36. The Morgan fingerprint density at radius 1 is 1.12 bits per heavy atom. The monoisotopic (exact) mass is 239 g/mol. The van der Waals surface area contributed by atoms with E-state index in [4.69, 9.17) is 9.47 Å². The Balaban J connectivity index is 2.20. The van der Waals surface area contributed by atoms with E-state index in [2.05, 4.69) is 29.1 Å². The Morgan fingerprint density at radius 2 is 2.00 bits per heavy atom. The third-order valence-electron chi connectivity index (χ3n) is 2.06. The summed E-state index contributed by atoms with van der Waals surface area (Å²) >= 11 is 0. The molecule has 0 amide bonds. The van der Waals surface area contributed by atoms with Crippen LogP contribution in [0.4, 0.5) is 0 Å². The molecule has 1 N–H and O–H groups in total. The van der Waals surface area contributed by atoms with Crippen LogP contribution < -0.4 is 10.1 Å². The lowest BCUT2D eigenvalue weighted by Gasteiger charge is -2.06. The van der Waals surface area contributed by atoms with E-state index in [1.807, 2.05) is 0 Å². The average molecular weight is 239 g/mol. The Labute approximate surface area is 103 Å². The number of hydrogen-bond donors (Lipinski definition) is 1. The van der Waals surface area contributed by atoms with Gasteiger partial charge in [-0.05, 0) is 13.0 Å². The van der Waals surface area contributed by atoms with Crippen LogP contribution in [0.5, 0.6) is 5.88 Å². The molecule has 0 bridgehead atoms. The van der Waals surface area contributed by atoms with Crippen LogP contribution in [-0.4, -0.2) is 36.3 Å². The summed E-state index contributed by atoms with van der Waals surface area (Å²) in [6.45, 7) is 7.68. The molecule has 0 saturated heterocycles. The molecular weight excluding hydrogens is 218 g/mol. The lowest BCUT2D eigenvalue weighted by Crippen LogP contribution is -2.13. The minimum absolute atomic E-state index is 0.515. The smallest absolute Gasteiger partial charge is 0.232 e. The van der Waals surface area contributed by atoms with Crippen LogP contribution in [0.2, 0.25) is 0 Å². The van der Waals surface area contributed by atoms with Gasteiger partial charge in [-0.15, -0.1) is 0 Å². The van der Waals surface area contributed by atoms with Crippen molar-refractivity contribution in [1.29, 1.82) is 0 Å². The van der Waals surface area contributed by atoms with E-state index in [-0.39, 0.29) is 0 Å². The standard InChI is InChI=1S/C12H21N3O2/c1-3-5-16-6-7-17-12-10-14-11(9-15-12)8-13-4-2/h9-10,13H,3-8H2,1-2H3. The maximum absolute atomic E-state index is 5.39. The fourth-order valence-corrected chi connectivity index (χ4v) is 1.21. The molecule has 0 aliphatic carbocycles. The first-order valence-electron chi connectivity index (χ1n) is 6.09. The van der Waals surface area contributed by atoms with Crippen molar-refractivity contribution in [3.8, 4) is 5.88 Å². The second kappa shape index (κ2) is 8.90. The quantitative estimate of drug-likeness (QED) is 0.660. The highest BCUT2D eigenvalue weighted by Gasteiger charge is 1.98. The van der Waals surface area contributed by atoms with Crippen molar-refractivity contribution in [3.05, 3.63) is 18.1 Å². The molecule has 17 heavy (non-hydrogen) atoms. The van der Waals surface area contributed by atoms with Gasteiger partial charge in [0.25, 0.3) is 0 Å². The van der Waals surface area contributed by atoms with Gasteiger partial charge in [-0.25, -0.2) is 4.98 Å². The first-order valence-corrected chi connectivity index (χ1v) is 6.09. The summed E-state index contributed by atoms with van der Waals surface area (Å²) < 4.78 is 10.7. The molecule has 96 valence electrons. The van der Waals surface area contributed by atoms with Gasteiger partial charge < -0.3 is 14.8 Å². The lowest BCUT2D eigenvalue weighted by molar-refractivity contribution is 0.0988. The van der Waals surface area contributed by atoms with Gasteiger partial charge in [0.1, 0.15) is 6.61 Å². The van der Waals surface area contributed by atoms with E-state index in [1.165, 1.54) is 0 Å². The summed E-state index contributed by atoms with van der Waals surface area (Å²) in [5.74, 6) is 0.547. The van der Waals surface area contributed by atoms with Gasteiger partial charge in [0.15, 0.2) is 0 Å². The molecule has 0 aliphatic rings. The molecule has 5 heteroatoms. The topological polar surface area (TPSA) is 56.3 Å². The Kier molecular flexibility index (Phi) is 7.25. The van der Waals surface area contributed by atoms with E-state index in [9.17, 15) is 0 Å². The summed E-state index contributed by atoms with van der Waals surface area (Å²) in [5, 5.41) is 3.19. The summed E-state index contributed by atoms with van der Waals surface area (Å²) in [5.41, 5.74) is 0.918. The van der Waals surface area contributed by atoms with E-state index < -0.39 is 0 Å². The van der Waals surface area contributed by atoms with Crippen LogP contribution >= 0.6 is 0 Å². The summed E-state index contributed by atoms with van der Waals surface area (Å²) in [6, 6.07) is 0. The highest BCUT2D eigenvalue weighted by Crippen LogP contribution is 2.03. The van der Waals surface area contributed by atoms with E-state index in [0.29, 0.717) is 19.1 Å². The maximum Gasteiger partial charge on any atom is 0.232 e. The van der Waals surface area contributed by atoms with Crippen molar-refractivity contribution in [2.24, 2.45) is 0 Å². The average Bonchev–Trinajstić information content (AvgIpc) is 2.37. The summed E-state index contributed by atoms with van der Waals surface area (Å²) in [6.07, 6.45) is 4.40. The van der Waals surface area contributed by atoms with Crippen molar-refractivity contribution in [2.75, 3.05) is 26.4 Å². The van der Waals surface area contributed by atoms with Crippen LogP contribution in [0.15, 0.2) is 12.4 Å². The highest BCUT2D eigenvalue weighted by molar-refractivity contribution is 5.06. The molecule has 0 aliphatic heterocycles. The Morgan fingerprint density at radius 3 is 2.65 bits per heavy atom. The molecule has 1 heterocycles. The van der Waals surface area contributed by atoms with Gasteiger partial charge >= 0.3 is 0 Å². The van der Waals surface area contributed by atoms with Gasteiger partial charge in [0.05, 0.1) is 24.7 Å². The summed E-state index contributed by atoms with van der Waals surface area (Å²) in [7, 11) is 0. The normalized spacial score (nSPS) is 10.5. The van der Waals surface area contributed by atoms with E-state index in [1.54, 1.807) is 12.4 Å². The first kappa shape index (κ1) is 13.9. The predicted octanol–water partition coefficient (Wildman–Crippen LogP) is 1.39. The van der Waals surface area contributed by atoms with Crippen molar-refractivity contribution in [1.82, 2.24) is 15.3 Å². The second-order valence-electron chi connectivity index (χ2n) is 3.59. The van der Waals surface area contributed by atoms with Gasteiger partial charge in [0, 0.05) is 13.2 Å². The minimum atomic E-state index is 0.515. The second-order valence-corrected chi connectivity index (χ2v) is 3.59. The van der Waals surface area contributed by atoms with Gasteiger partial charge in [-0.2, -0.15) is 0 Å². The Bertz CT molecular complexity index is 290. The lowest BCUT2D eigenvalue weighted by atomic mass is 10.4. The molecule has 1 aromatic rings. The molecule has 1 aromatic heterocycles. The van der Waals surface area contributed by atoms with E-state index in [0.717, 1.165) is 31.8 Å². The number of ether oxygens (including phenoxy) is 2. The third-order valence-corrected chi connectivity index (χ3v) is 2.06. The molecule has 0 fully saturated rings. The number of rotatable bonds is 9. The Hall–Kier alpha value is -1.20. The zero-order valence-corrected chi connectivity index (χ0v) is 10.6. The van der Waals surface area contributed by atoms with Crippen LogP contribution in [0.1, 0.15) is 26.0 Å². The van der Waals surface area contributed by atoms with Crippen molar-refractivity contribution >= 4 is 0 Å². The summed E-state index contributed by atoms with van der Waals surface area (Å²) in [4.78, 5) is 8.41. The zero-order chi connectivity index (χ0) is 12.3. The van der Waals surface area contributed by atoms with Gasteiger partial charge in [-0.1, -0.05) is 13.8 Å². The van der Waals surface area contributed by atoms with Crippen molar-refractivity contribution < 1.29 is 9.47 Å². The molecule has 0 aromatic carbocycles. The molecule has 0 spiro atoms. The molecule has 0 atom stereocenters. The fourth-order valence-electron chi connectivity index (χ4n) is 1.21. The number of nitrogens with zero attached hydrogens (tertiary/aromatic N) is 2. The largest absolute Gasteiger partial charge is 0.474 e. The van der Waals surface area contributed by atoms with Crippen LogP contribution in [0.25, 0.3) is 0 Å². The zero-order valence-electron chi connectivity index (χ0n) is 10.6. The molecule has 0 unspecified atom stereocenters. The maximum atomic E-state index is 5.39. The van der Waals surface area contributed by atoms with Gasteiger partial charge in [0.2, 0.25) is 5.88 Å². The number of aromatic nitrogens is 2. The molecule has 0 saturated carbocycles. The molecule has 0 radical (unpaired) electrons. The fraction of sp³-hybridized carbons (Fsp3) is 0.667. The third kappa shape index (κ3) is 6.19. The van der Waals surface area contributed by atoms with Crippen LogP contribution in [0.3, 0.4) is 0 Å². The number of hydrogen-bond acceptors (Lipinski definition) is 5. The van der Waals surface area contributed by atoms with E-state index >= 15 is 0 Å². The molecule has 1 rings (SSSR count). The van der Waals surface area contributed by atoms with Crippen molar-refractivity contribution in [2.45, 2.75) is 26.8 Å². The van der Waals surface area contributed by atoms with Gasteiger partial charge in [-0.3, -0.25) is 4.98 Å². The number of nitrogens with one attached hydrogen (secondary N) is 1. The van der Waals surface area contributed by atoms with Crippen LogP contribution in [-0.2, 0) is 11.3 Å². The highest BCUT2D eigenvalue weighted by atomic mass is 16.5. The molecular formula is C12H21N3O2. The molecule has 5 nitrogen and oxygen atoms in total. The van der Waals surface area contributed by atoms with Crippen molar-refractivity contribution in [3.63, 3.8) is 0 Å². The minimum Gasteiger partial charge on any atom is -0.474 e.